The van der Waals surface area contributed by atoms with Crippen LogP contribution in [0.4, 0.5) is 5.82 Å². The molecule has 6 heteroatoms. The Morgan fingerprint density at radius 2 is 2.10 bits per heavy atom. The van der Waals surface area contributed by atoms with E-state index < -0.39 is 0 Å². The van der Waals surface area contributed by atoms with Gasteiger partial charge in [0.15, 0.2) is 0 Å². The summed E-state index contributed by atoms with van der Waals surface area (Å²) < 4.78 is 11.4. The Bertz CT molecular complexity index is 409. The molecule has 1 aromatic heterocycles. The van der Waals surface area contributed by atoms with Crippen molar-refractivity contribution in [2.75, 3.05) is 29.9 Å². The highest BCUT2D eigenvalue weighted by Crippen LogP contribution is 2.22. The summed E-state index contributed by atoms with van der Waals surface area (Å²) >= 11 is 3.39. The zero-order chi connectivity index (χ0) is 14.4. The van der Waals surface area contributed by atoms with Crippen molar-refractivity contribution in [2.24, 2.45) is 0 Å². The molecule has 1 aliphatic rings. The molecule has 0 spiro atoms. The third kappa shape index (κ3) is 4.59. The highest BCUT2D eigenvalue weighted by molar-refractivity contribution is 9.09. The maximum atomic E-state index is 5.76. The molecule has 2 heterocycles. The highest BCUT2D eigenvalue weighted by Gasteiger charge is 2.21. The fourth-order valence-electron chi connectivity index (χ4n) is 2.27. The first-order valence-corrected chi connectivity index (χ1v) is 8.22. The molecule has 0 radical (unpaired) electrons. The summed E-state index contributed by atoms with van der Waals surface area (Å²) in [5.74, 6) is 1.58. The first-order chi connectivity index (χ1) is 9.69. The summed E-state index contributed by atoms with van der Waals surface area (Å²) in [7, 11) is 0. The predicted molar refractivity (Wildman–Crippen MR) is 82.8 cm³/mol. The molecule has 20 heavy (non-hydrogen) atoms. The first-order valence-electron chi connectivity index (χ1n) is 7.10. The van der Waals surface area contributed by atoms with Crippen LogP contribution < -0.4 is 9.64 Å². The lowest BCUT2D eigenvalue weighted by Gasteiger charge is -2.32. The van der Waals surface area contributed by atoms with Crippen LogP contribution in [-0.2, 0) is 4.74 Å². The summed E-state index contributed by atoms with van der Waals surface area (Å²) in [5, 5.41) is 0.898. The van der Waals surface area contributed by atoms with Crippen molar-refractivity contribution in [1.82, 2.24) is 9.97 Å². The first kappa shape index (κ1) is 15.5. The zero-order valence-electron chi connectivity index (χ0n) is 12.1. The van der Waals surface area contributed by atoms with Gasteiger partial charge in [0.25, 0.3) is 0 Å². The van der Waals surface area contributed by atoms with E-state index in [0.717, 1.165) is 43.7 Å². The molecule has 2 rings (SSSR count). The molecular weight excluding hydrogens is 322 g/mol. The predicted octanol–water partition coefficient (Wildman–Crippen LogP) is 2.64. The van der Waals surface area contributed by atoms with Crippen LogP contribution in [-0.4, -0.2) is 47.2 Å². The summed E-state index contributed by atoms with van der Waals surface area (Å²) in [6.45, 7) is 6.70. The Morgan fingerprint density at radius 3 is 2.75 bits per heavy atom. The topological polar surface area (TPSA) is 47.5 Å². The van der Waals surface area contributed by atoms with Gasteiger partial charge in [-0.25, -0.2) is 9.97 Å². The average Bonchev–Trinajstić information content (AvgIpc) is 2.45. The lowest BCUT2D eigenvalue weighted by atomic mass is 10.1. The zero-order valence-corrected chi connectivity index (χ0v) is 13.7. The van der Waals surface area contributed by atoms with Crippen LogP contribution in [0.1, 0.15) is 26.7 Å². The number of nitrogens with zero attached hydrogens (tertiary/aromatic N) is 3. The third-order valence-electron chi connectivity index (χ3n) is 3.18. The summed E-state index contributed by atoms with van der Waals surface area (Å²) in [6, 6.07) is 1.92. The minimum Gasteiger partial charge on any atom is -0.475 e. The van der Waals surface area contributed by atoms with Crippen LogP contribution in [0.25, 0.3) is 0 Å². The number of aromatic nitrogens is 2. The summed E-state index contributed by atoms with van der Waals surface area (Å²) in [4.78, 5) is 10.8. The maximum Gasteiger partial charge on any atom is 0.218 e. The second-order valence-electron chi connectivity index (χ2n) is 5.13. The van der Waals surface area contributed by atoms with E-state index >= 15 is 0 Å². The SMILES string of the molecule is CC(C)Oc1cc(N2CCC(OCCBr)CC2)ncn1. The number of piperidine rings is 1. The normalized spacial score (nSPS) is 16.7. The Labute approximate surface area is 128 Å². The summed E-state index contributed by atoms with van der Waals surface area (Å²) in [6.07, 6.45) is 4.15. The van der Waals surface area contributed by atoms with Gasteiger partial charge in [-0.05, 0) is 26.7 Å². The largest absolute Gasteiger partial charge is 0.475 e. The Kier molecular flexibility index (Phi) is 6.04. The molecule has 0 aliphatic carbocycles. The van der Waals surface area contributed by atoms with E-state index in [9.17, 15) is 0 Å². The number of halogens is 1. The minimum absolute atomic E-state index is 0.126. The van der Waals surface area contributed by atoms with Crippen LogP contribution in [0.2, 0.25) is 0 Å². The molecule has 0 aromatic carbocycles. The fourth-order valence-corrected chi connectivity index (χ4v) is 2.46. The monoisotopic (exact) mass is 343 g/mol. The van der Waals surface area contributed by atoms with Gasteiger partial charge in [0.05, 0.1) is 18.8 Å². The molecule has 0 atom stereocenters. The lowest BCUT2D eigenvalue weighted by molar-refractivity contribution is 0.0480. The number of hydrogen-bond donors (Lipinski definition) is 0. The molecule has 0 N–H and O–H groups in total. The molecule has 0 amide bonds. The van der Waals surface area contributed by atoms with Crippen molar-refractivity contribution >= 4 is 21.7 Å². The van der Waals surface area contributed by atoms with Crippen LogP contribution >= 0.6 is 15.9 Å². The van der Waals surface area contributed by atoms with Gasteiger partial charge in [0, 0.05) is 24.5 Å². The van der Waals surface area contributed by atoms with E-state index in [1.807, 2.05) is 19.9 Å². The van der Waals surface area contributed by atoms with Crippen LogP contribution in [0.15, 0.2) is 12.4 Å². The van der Waals surface area contributed by atoms with E-state index in [1.165, 1.54) is 0 Å². The van der Waals surface area contributed by atoms with E-state index in [2.05, 4.69) is 30.8 Å². The quantitative estimate of drug-likeness (QED) is 0.743. The van der Waals surface area contributed by atoms with Gasteiger partial charge in [0.2, 0.25) is 5.88 Å². The molecule has 112 valence electrons. The molecule has 0 unspecified atom stereocenters. The molecule has 5 nitrogen and oxygen atoms in total. The number of ether oxygens (including phenoxy) is 2. The number of rotatable bonds is 6. The Hall–Kier alpha value is -0.880. The van der Waals surface area contributed by atoms with Gasteiger partial charge < -0.3 is 14.4 Å². The van der Waals surface area contributed by atoms with Gasteiger partial charge in [-0.3, -0.25) is 0 Å². The van der Waals surface area contributed by atoms with Crippen molar-refractivity contribution in [3.8, 4) is 5.88 Å². The van der Waals surface area contributed by atoms with E-state index in [1.54, 1.807) is 6.33 Å². The molecule has 1 aromatic rings. The van der Waals surface area contributed by atoms with Gasteiger partial charge in [-0.2, -0.15) is 0 Å². The molecule has 1 aliphatic heterocycles. The minimum atomic E-state index is 0.126. The number of hydrogen-bond acceptors (Lipinski definition) is 5. The van der Waals surface area contributed by atoms with Crippen molar-refractivity contribution < 1.29 is 9.47 Å². The van der Waals surface area contributed by atoms with Crippen LogP contribution in [0.3, 0.4) is 0 Å². The molecule has 0 bridgehead atoms. The standard InChI is InChI=1S/C14H22BrN3O2/c1-11(2)20-14-9-13(16-10-17-14)18-6-3-12(4-7-18)19-8-5-15/h9-12H,3-8H2,1-2H3. The van der Waals surface area contributed by atoms with Gasteiger partial charge >= 0.3 is 0 Å². The lowest BCUT2D eigenvalue weighted by Crippen LogP contribution is -2.37. The second-order valence-corrected chi connectivity index (χ2v) is 5.92. The Morgan fingerprint density at radius 1 is 1.35 bits per heavy atom. The van der Waals surface area contributed by atoms with E-state index in [-0.39, 0.29) is 6.10 Å². The fraction of sp³-hybridized carbons (Fsp3) is 0.714. The number of anilines is 1. The maximum absolute atomic E-state index is 5.76. The van der Waals surface area contributed by atoms with Gasteiger partial charge in [-0.15, -0.1) is 0 Å². The van der Waals surface area contributed by atoms with Gasteiger partial charge in [-0.1, -0.05) is 15.9 Å². The highest BCUT2D eigenvalue weighted by atomic mass is 79.9. The third-order valence-corrected chi connectivity index (χ3v) is 3.50. The second kappa shape index (κ2) is 7.78. The molecule has 1 fully saturated rings. The van der Waals surface area contributed by atoms with Crippen molar-refractivity contribution in [3.63, 3.8) is 0 Å². The van der Waals surface area contributed by atoms with Crippen LogP contribution in [0, 0.1) is 0 Å². The van der Waals surface area contributed by atoms with E-state index in [0.29, 0.717) is 12.0 Å². The van der Waals surface area contributed by atoms with Gasteiger partial charge in [0.1, 0.15) is 12.1 Å². The average molecular weight is 344 g/mol. The Balaban J connectivity index is 1.89. The van der Waals surface area contributed by atoms with Crippen molar-refractivity contribution in [1.29, 1.82) is 0 Å². The van der Waals surface area contributed by atoms with E-state index in [4.69, 9.17) is 9.47 Å². The molecule has 1 saturated heterocycles. The summed E-state index contributed by atoms with van der Waals surface area (Å²) in [5.41, 5.74) is 0. The smallest absolute Gasteiger partial charge is 0.218 e. The number of alkyl halides is 1. The van der Waals surface area contributed by atoms with Crippen molar-refractivity contribution in [2.45, 2.75) is 38.9 Å². The molecular formula is C14H22BrN3O2. The van der Waals surface area contributed by atoms with Crippen molar-refractivity contribution in [3.05, 3.63) is 12.4 Å². The van der Waals surface area contributed by atoms with Crippen LogP contribution in [0.5, 0.6) is 5.88 Å². The molecule has 0 saturated carbocycles.